The first-order valence-electron chi connectivity index (χ1n) is 9.65. The van der Waals surface area contributed by atoms with Crippen molar-refractivity contribution >= 4 is 29.0 Å². The Morgan fingerprint density at radius 2 is 1.55 bits per heavy atom. The van der Waals surface area contributed by atoms with Gasteiger partial charge >= 0.3 is 0 Å². The van der Waals surface area contributed by atoms with Gasteiger partial charge in [-0.05, 0) is 37.1 Å². The smallest absolute Gasteiger partial charge is 0.255 e. The fourth-order valence-corrected chi connectivity index (χ4v) is 3.69. The third kappa shape index (κ3) is 4.98. The summed E-state index contributed by atoms with van der Waals surface area (Å²) < 4.78 is 5.38. The zero-order chi connectivity index (χ0) is 20.8. The number of nitrogens with zero attached hydrogens (tertiary/aromatic N) is 2. The number of hydrogen-bond donors (Lipinski definition) is 0. The van der Waals surface area contributed by atoms with Crippen LogP contribution in [0.15, 0.2) is 54.6 Å². The van der Waals surface area contributed by atoms with Crippen LogP contribution in [-0.4, -0.2) is 54.9 Å². The Labute approximate surface area is 176 Å². The van der Waals surface area contributed by atoms with E-state index in [1.807, 2.05) is 31.2 Å². The number of methoxy groups -OCH3 is 1. The minimum atomic E-state index is -0.0920. The molecule has 152 valence electrons. The van der Waals surface area contributed by atoms with Gasteiger partial charge in [0.05, 0.1) is 17.7 Å². The summed E-state index contributed by atoms with van der Waals surface area (Å²) in [6.45, 7) is 4.09. The molecule has 1 aliphatic rings. The number of halogens is 1. The fraction of sp³-hybridized carbons (Fsp3) is 0.304. The number of ether oxygens (including phenoxy) is 1. The van der Waals surface area contributed by atoms with E-state index in [1.165, 1.54) is 0 Å². The van der Waals surface area contributed by atoms with Gasteiger partial charge in [0.2, 0.25) is 5.91 Å². The van der Waals surface area contributed by atoms with Crippen LogP contribution in [-0.2, 0) is 4.79 Å². The van der Waals surface area contributed by atoms with Crippen molar-refractivity contribution in [2.24, 2.45) is 0 Å². The monoisotopic (exact) mass is 412 g/mol. The van der Waals surface area contributed by atoms with Crippen molar-refractivity contribution in [1.82, 2.24) is 9.80 Å². The Hall–Kier alpha value is -2.79. The molecule has 0 unspecified atom stereocenters. The Bertz CT molecular complexity index is 926. The van der Waals surface area contributed by atoms with Crippen molar-refractivity contribution in [2.45, 2.75) is 13.3 Å². The molecule has 0 N–H and O–H groups in total. The minimum absolute atomic E-state index is 0.0551. The molecule has 5 nitrogen and oxygen atoms in total. The van der Waals surface area contributed by atoms with Gasteiger partial charge in [0.15, 0.2) is 0 Å². The van der Waals surface area contributed by atoms with E-state index in [-0.39, 0.29) is 11.8 Å². The summed E-state index contributed by atoms with van der Waals surface area (Å²) >= 11 is 6.17. The van der Waals surface area contributed by atoms with E-state index in [1.54, 1.807) is 47.3 Å². The van der Waals surface area contributed by atoms with E-state index in [0.29, 0.717) is 36.8 Å². The maximum atomic E-state index is 12.8. The number of amides is 2. The van der Waals surface area contributed by atoms with Crippen LogP contribution >= 0.6 is 11.6 Å². The van der Waals surface area contributed by atoms with Crippen molar-refractivity contribution in [2.75, 3.05) is 33.3 Å². The molecule has 0 spiro atoms. The zero-order valence-electron chi connectivity index (χ0n) is 16.7. The lowest BCUT2D eigenvalue weighted by molar-refractivity contribution is -0.125. The Balaban J connectivity index is 1.68. The summed E-state index contributed by atoms with van der Waals surface area (Å²) in [6, 6.07) is 14.7. The van der Waals surface area contributed by atoms with Crippen molar-refractivity contribution < 1.29 is 14.3 Å². The summed E-state index contributed by atoms with van der Waals surface area (Å²) in [5.41, 5.74) is 2.25. The van der Waals surface area contributed by atoms with Crippen LogP contribution in [0.3, 0.4) is 0 Å². The quantitative estimate of drug-likeness (QED) is 0.709. The topological polar surface area (TPSA) is 49.9 Å². The molecule has 1 heterocycles. The van der Waals surface area contributed by atoms with Crippen LogP contribution < -0.4 is 4.74 Å². The highest BCUT2D eigenvalue weighted by molar-refractivity contribution is 6.33. The van der Waals surface area contributed by atoms with Crippen molar-refractivity contribution in [3.05, 3.63) is 70.8 Å². The highest BCUT2D eigenvalue weighted by Gasteiger charge is 2.23. The van der Waals surface area contributed by atoms with Gasteiger partial charge in [-0.1, -0.05) is 41.9 Å². The van der Waals surface area contributed by atoms with Crippen molar-refractivity contribution in [1.29, 1.82) is 0 Å². The van der Waals surface area contributed by atoms with Crippen LogP contribution in [0, 0.1) is 0 Å². The molecule has 1 aliphatic heterocycles. The van der Waals surface area contributed by atoms with Crippen molar-refractivity contribution in [3.63, 3.8) is 0 Å². The number of allylic oxidation sites excluding steroid dienone is 1. The first-order valence-corrected chi connectivity index (χ1v) is 10.0. The third-order valence-electron chi connectivity index (χ3n) is 5.07. The number of carbonyl (C=O) groups is 2. The molecule has 1 fully saturated rings. The summed E-state index contributed by atoms with van der Waals surface area (Å²) in [6.07, 6.45) is 2.37. The second-order valence-electron chi connectivity index (χ2n) is 6.98. The molecule has 2 amide bonds. The standard InChI is InChI=1S/C23H25ClN2O3/c1-17(18-8-4-6-11-21(18)29-2)16-22(27)25-12-7-13-26(15-14-25)23(28)19-9-3-5-10-20(19)24/h3-6,8-11,16H,7,12-15H2,1-2H3/b17-16+. The Kier molecular flexibility index (Phi) is 6.94. The van der Waals surface area contributed by atoms with Crippen molar-refractivity contribution in [3.8, 4) is 5.75 Å². The SMILES string of the molecule is COc1ccccc1/C(C)=C/C(=O)N1CCCN(C(=O)c2ccccc2Cl)CC1. The molecule has 0 aromatic heterocycles. The second-order valence-corrected chi connectivity index (χ2v) is 7.39. The largest absolute Gasteiger partial charge is 0.496 e. The van der Waals surface area contributed by atoms with Crippen LogP contribution in [0.25, 0.3) is 5.57 Å². The molecular formula is C23H25ClN2O3. The van der Waals surface area contributed by atoms with Gasteiger partial charge in [-0.25, -0.2) is 0 Å². The molecule has 1 saturated heterocycles. The highest BCUT2D eigenvalue weighted by Crippen LogP contribution is 2.25. The first-order chi connectivity index (χ1) is 14.0. The molecule has 0 bridgehead atoms. The van der Waals surface area contributed by atoms with E-state index in [4.69, 9.17) is 16.3 Å². The van der Waals surface area contributed by atoms with Gasteiger partial charge in [0, 0.05) is 37.8 Å². The number of benzene rings is 2. The molecule has 3 rings (SSSR count). The molecule has 0 atom stereocenters. The van der Waals surface area contributed by atoms with Gasteiger partial charge in [-0.2, -0.15) is 0 Å². The van der Waals surface area contributed by atoms with E-state index in [0.717, 1.165) is 23.3 Å². The highest BCUT2D eigenvalue weighted by atomic mass is 35.5. The Morgan fingerprint density at radius 1 is 0.931 bits per heavy atom. The van der Waals surface area contributed by atoms with Gasteiger partial charge in [-0.15, -0.1) is 0 Å². The molecular weight excluding hydrogens is 388 g/mol. The number of rotatable bonds is 4. The molecule has 6 heteroatoms. The van der Waals surface area contributed by atoms with E-state index in [9.17, 15) is 9.59 Å². The maximum absolute atomic E-state index is 12.8. The predicted octanol–water partition coefficient (Wildman–Crippen LogP) is 4.13. The predicted molar refractivity (Wildman–Crippen MR) is 115 cm³/mol. The molecule has 0 radical (unpaired) electrons. The zero-order valence-corrected chi connectivity index (χ0v) is 17.5. The number of hydrogen-bond acceptors (Lipinski definition) is 3. The second kappa shape index (κ2) is 9.61. The molecule has 2 aromatic carbocycles. The average molecular weight is 413 g/mol. The summed E-state index contributed by atoms with van der Waals surface area (Å²) in [7, 11) is 1.62. The normalized spacial score (nSPS) is 15.1. The lowest BCUT2D eigenvalue weighted by atomic mass is 10.1. The number of para-hydroxylation sites is 1. The summed E-state index contributed by atoms with van der Waals surface area (Å²) in [5, 5.41) is 0.449. The summed E-state index contributed by atoms with van der Waals surface area (Å²) in [4.78, 5) is 29.2. The average Bonchev–Trinajstić information content (AvgIpc) is 3.00. The van der Waals surface area contributed by atoms with E-state index >= 15 is 0 Å². The summed E-state index contributed by atoms with van der Waals surface area (Å²) in [5.74, 6) is 0.590. The van der Waals surface area contributed by atoms with E-state index in [2.05, 4.69) is 0 Å². The third-order valence-corrected chi connectivity index (χ3v) is 5.40. The lowest BCUT2D eigenvalue weighted by Gasteiger charge is -2.22. The molecule has 0 aliphatic carbocycles. The Morgan fingerprint density at radius 3 is 2.28 bits per heavy atom. The van der Waals surface area contributed by atoms with Gasteiger partial charge in [0.25, 0.3) is 5.91 Å². The van der Waals surface area contributed by atoms with E-state index < -0.39 is 0 Å². The minimum Gasteiger partial charge on any atom is -0.496 e. The fourth-order valence-electron chi connectivity index (χ4n) is 3.47. The van der Waals surface area contributed by atoms with Crippen LogP contribution in [0.4, 0.5) is 0 Å². The van der Waals surface area contributed by atoms with Gasteiger partial charge in [0.1, 0.15) is 5.75 Å². The van der Waals surface area contributed by atoms with Crippen LogP contribution in [0.1, 0.15) is 29.3 Å². The molecule has 0 saturated carbocycles. The van der Waals surface area contributed by atoms with Crippen LogP contribution in [0.5, 0.6) is 5.75 Å². The first kappa shape index (κ1) is 20.9. The van der Waals surface area contributed by atoms with Gasteiger partial charge in [-0.3, -0.25) is 9.59 Å². The number of carbonyl (C=O) groups excluding carboxylic acids is 2. The maximum Gasteiger partial charge on any atom is 0.255 e. The molecule has 2 aromatic rings. The molecule has 29 heavy (non-hydrogen) atoms. The lowest BCUT2D eigenvalue weighted by Crippen LogP contribution is -2.37. The van der Waals surface area contributed by atoms with Crippen LogP contribution in [0.2, 0.25) is 5.02 Å². The van der Waals surface area contributed by atoms with Gasteiger partial charge < -0.3 is 14.5 Å².